The van der Waals surface area contributed by atoms with E-state index in [1.54, 1.807) is 0 Å². The van der Waals surface area contributed by atoms with Gasteiger partial charge in [0.2, 0.25) is 5.91 Å². The number of carboxylic acid groups (broad SMARTS) is 1. The van der Waals surface area contributed by atoms with E-state index in [1.807, 2.05) is 13.8 Å². The summed E-state index contributed by atoms with van der Waals surface area (Å²) >= 11 is 0. The molecule has 4 heteroatoms. The van der Waals surface area contributed by atoms with Crippen LogP contribution in [-0.4, -0.2) is 22.5 Å². The summed E-state index contributed by atoms with van der Waals surface area (Å²) in [6.45, 7) is 3.66. The van der Waals surface area contributed by atoms with Gasteiger partial charge in [-0.15, -0.1) is 0 Å². The fourth-order valence-electron chi connectivity index (χ4n) is 4.78. The average molecular weight is 265 g/mol. The molecule has 0 spiro atoms. The molecule has 4 atom stereocenters. The quantitative estimate of drug-likeness (QED) is 0.799. The number of carbonyl (C=O) groups excluding carboxylic acids is 1. The summed E-state index contributed by atoms with van der Waals surface area (Å²) in [5, 5.41) is 12.2. The Balaban J connectivity index is 1.68. The monoisotopic (exact) mass is 265 g/mol. The van der Waals surface area contributed by atoms with E-state index in [0.29, 0.717) is 24.7 Å². The molecule has 4 unspecified atom stereocenters. The van der Waals surface area contributed by atoms with Crippen molar-refractivity contribution in [3.8, 4) is 0 Å². The Bertz CT molecular complexity index is 400. The topological polar surface area (TPSA) is 66.4 Å². The maximum absolute atomic E-state index is 12.4. The zero-order valence-corrected chi connectivity index (χ0v) is 11.7. The van der Waals surface area contributed by atoms with Gasteiger partial charge < -0.3 is 10.4 Å². The Morgan fingerprint density at radius 3 is 2.11 bits per heavy atom. The predicted molar refractivity (Wildman–Crippen MR) is 70.4 cm³/mol. The molecule has 3 aliphatic carbocycles. The maximum Gasteiger partial charge on any atom is 0.329 e. The molecule has 3 rings (SSSR count). The predicted octanol–water partition coefficient (Wildman–Crippen LogP) is 2.04. The average Bonchev–Trinajstić information content (AvgIpc) is 2.85. The number of aliphatic carboxylic acids is 1. The molecule has 0 radical (unpaired) electrons. The van der Waals surface area contributed by atoms with E-state index in [4.69, 9.17) is 0 Å². The van der Waals surface area contributed by atoms with Gasteiger partial charge in [0.05, 0.1) is 0 Å². The fraction of sp³-hybridized carbons (Fsp3) is 0.867. The summed E-state index contributed by atoms with van der Waals surface area (Å²) in [6, 6.07) is 0. The van der Waals surface area contributed by atoms with Crippen molar-refractivity contribution in [1.29, 1.82) is 0 Å². The molecule has 3 fully saturated rings. The van der Waals surface area contributed by atoms with Crippen molar-refractivity contribution < 1.29 is 14.7 Å². The lowest BCUT2D eigenvalue weighted by atomic mass is 9.92. The molecule has 2 bridgehead atoms. The van der Waals surface area contributed by atoms with Crippen molar-refractivity contribution in [2.24, 2.45) is 29.6 Å². The molecule has 0 heterocycles. The second kappa shape index (κ2) is 4.22. The van der Waals surface area contributed by atoms with Crippen LogP contribution in [0.25, 0.3) is 0 Å². The molecule has 0 aliphatic heterocycles. The Labute approximate surface area is 113 Å². The van der Waals surface area contributed by atoms with E-state index in [2.05, 4.69) is 5.32 Å². The van der Waals surface area contributed by atoms with Gasteiger partial charge in [-0.1, -0.05) is 13.8 Å². The van der Waals surface area contributed by atoms with Crippen molar-refractivity contribution in [2.45, 2.75) is 51.5 Å². The molecule has 0 saturated heterocycles. The van der Waals surface area contributed by atoms with Crippen LogP contribution in [0.1, 0.15) is 46.0 Å². The molecule has 4 nitrogen and oxygen atoms in total. The summed E-state index contributed by atoms with van der Waals surface area (Å²) in [7, 11) is 0. The van der Waals surface area contributed by atoms with E-state index in [-0.39, 0.29) is 11.8 Å². The zero-order chi connectivity index (χ0) is 13.8. The Hall–Kier alpha value is -1.06. The third-order valence-electron chi connectivity index (χ3n) is 6.02. The molecule has 3 saturated carbocycles. The third kappa shape index (κ3) is 1.72. The normalized spacial score (nSPS) is 38.9. The Morgan fingerprint density at radius 2 is 1.68 bits per heavy atom. The first-order chi connectivity index (χ1) is 9.04. The van der Waals surface area contributed by atoms with Crippen LogP contribution in [0.5, 0.6) is 0 Å². The lowest BCUT2D eigenvalue weighted by Crippen LogP contribution is -2.54. The van der Waals surface area contributed by atoms with Crippen LogP contribution in [-0.2, 0) is 9.59 Å². The fourth-order valence-corrected chi connectivity index (χ4v) is 4.78. The van der Waals surface area contributed by atoms with Crippen molar-refractivity contribution in [1.82, 2.24) is 5.32 Å². The first-order valence-electron chi connectivity index (χ1n) is 7.59. The number of carboxylic acids is 1. The van der Waals surface area contributed by atoms with Gasteiger partial charge >= 0.3 is 5.97 Å². The standard InChI is InChI=1S/C15H23NO3/c1-3-15(4-2,14(18)19)16-13(17)12-10-8-5-6-9(7-8)11(10)12/h8-12H,3-7H2,1-2H3,(H,16,17)(H,18,19). The number of rotatable bonds is 5. The minimum absolute atomic E-state index is 0.00213. The van der Waals surface area contributed by atoms with Gasteiger partial charge in [0.15, 0.2) is 0 Å². The van der Waals surface area contributed by atoms with Crippen LogP contribution in [0, 0.1) is 29.6 Å². The molecule has 3 aliphatic rings. The van der Waals surface area contributed by atoms with Gasteiger partial charge in [-0.25, -0.2) is 4.79 Å². The summed E-state index contributed by atoms with van der Waals surface area (Å²) in [4.78, 5) is 23.8. The van der Waals surface area contributed by atoms with E-state index >= 15 is 0 Å². The van der Waals surface area contributed by atoms with Gasteiger partial charge in [-0.05, 0) is 55.8 Å². The zero-order valence-electron chi connectivity index (χ0n) is 11.7. The molecular formula is C15H23NO3. The second-order valence-electron chi connectivity index (χ2n) is 6.60. The van der Waals surface area contributed by atoms with E-state index in [1.165, 1.54) is 19.3 Å². The molecule has 19 heavy (non-hydrogen) atoms. The molecular weight excluding hydrogens is 242 g/mol. The van der Waals surface area contributed by atoms with Crippen LogP contribution in [0.4, 0.5) is 0 Å². The minimum Gasteiger partial charge on any atom is -0.480 e. The maximum atomic E-state index is 12.4. The summed E-state index contributed by atoms with van der Waals surface area (Å²) in [5.74, 6) is 1.83. The highest BCUT2D eigenvalue weighted by Gasteiger charge is 2.67. The van der Waals surface area contributed by atoms with Gasteiger partial charge in [0.1, 0.15) is 5.54 Å². The summed E-state index contributed by atoms with van der Waals surface area (Å²) in [6.07, 6.45) is 4.76. The SMILES string of the molecule is CCC(CC)(NC(=O)C1C2C3CCC(C3)C12)C(=O)O. The van der Waals surface area contributed by atoms with E-state index in [9.17, 15) is 14.7 Å². The first kappa shape index (κ1) is 12.9. The molecule has 0 aromatic carbocycles. The number of amides is 1. The minimum atomic E-state index is -1.06. The van der Waals surface area contributed by atoms with Crippen LogP contribution in [0.2, 0.25) is 0 Å². The number of nitrogens with one attached hydrogen (secondary N) is 1. The smallest absolute Gasteiger partial charge is 0.329 e. The van der Waals surface area contributed by atoms with Crippen molar-refractivity contribution >= 4 is 11.9 Å². The molecule has 1 amide bonds. The highest BCUT2D eigenvalue weighted by Crippen LogP contribution is 2.69. The van der Waals surface area contributed by atoms with E-state index < -0.39 is 11.5 Å². The van der Waals surface area contributed by atoms with Gasteiger partial charge in [0, 0.05) is 5.92 Å². The lowest BCUT2D eigenvalue weighted by molar-refractivity contribution is -0.148. The number of hydrogen-bond donors (Lipinski definition) is 2. The Kier molecular flexibility index (Phi) is 2.88. The van der Waals surface area contributed by atoms with Crippen molar-refractivity contribution in [3.63, 3.8) is 0 Å². The third-order valence-corrected chi connectivity index (χ3v) is 6.02. The number of carbonyl (C=O) groups is 2. The van der Waals surface area contributed by atoms with Crippen molar-refractivity contribution in [2.75, 3.05) is 0 Å². The summed E-state index contributed by atoms with van der Waals surface area (Å²) < 4.78 is 0. The molecule has 2 N–H and O–H groups in total. The van der Waals surface area contributed by atoms with E-state index in [0.717, 1.165) is 11.8 Å². The molecule has 0 aromatic rings. The summed E-state index contributed by atoms with van der Waals surface area (Å²) in [5.41, 5.74) is -1.06. The lowest BCUT2D eigenvalue weighted by Gasteiger charge is -2.28. The van der Waals surface area contributed by atoms with Crippen LogP contribution < -0.4 is 5.32 Å². The van der Waals surface area contributed by atoms with Crippen molar-refractivity contribution in [3.05, 3.63) is 0 Å². The molecule has 0 aromatic heterocycles. The van der Waals surface area contributed by atoms with Gasteiger partial charge in [-0.3, -0.25) is 4.79 Å². The highest BCUT2D eigenvalue weighted by atomic mass is 16.4. The Morgan fingerprint density at radius 1 is 1.16 bits per heavy atom. The molecule has 106 valence electrons. The number of fused-ring (bicyclic) bond motifs is 5. The first-order valence-corrected chi connectivity index (χ1v) is 7.59. The highest BCUT2D eigenvalue weighted by molar-refractivity contribution is 5.90. The largest absolute Gasteiger partial charge is 0.480 e. The van der Waals surface area contributed by atoms with Gasteiger partial charge in [-0.2, -0.15) is 0 Å². The van der Waals surface area contributed by atoms with Crippen LogP contribution >= 0.6 is 0 Å². The van der Waals surface area contributed by atoms with Crippen LogP contribution in [0.15, 0.2) is 0 Å². The second-order valence-corrected chi connectivity index (χ2v) is 6.60. The van der Waals surface area contributed by atoms with Crippen LogP contribution in [0.3, 0.4) is 0 Å². The number of hydrogen-bond acceptors (Lipinski definition) is 2. The van der Waals surface area contributed by atoms with Gasteiger partial charge in [0.25, 0.3) is 0 Å².